The first kappa shape index (κ1) is 15.4. The molecule has 4 nitrogen and oxygen atoms in total. The highest BCUT2D eigenvalue weighted by atomic mass is 32.2. The van der Waals surface area contributed by atoms with Crippen LogP contribution in [0.5, 0.6) is 0 Å². The predicted molar refractivity (Wildman–Crippen MR) is 96.4 cm³/mol. The molecule has 2 aromatic rings. The third kappa shape index (κ3) is 2.66. The van der Waals surface area contributed by atoms with Crippen LogP contribution in [0.15, 0.2) is 22.5 Å². The van der Waals surface area contributed by atoms with Gasteiger partial charge in [0.2, 0.25) is 0 Å². The number of fused-ring (bicyclic) bond motifs is 4. The van der Waals surface area contributed by atoms with Gasteiger partial charge in [-0.3, -0.25) is 9.69 Å². The first-order valence-electron chi connectivity index (χ1n) is 8.14. The van der Waals surface area contributed by atoms with Crippen LogP contribution in [0.3, 0.4) is 0 Å². The van der Waals surface area contributed by atoms with Gasteiger partial charge in [-0.05, 0) is 67.9 Å². The third-order valence-electron chi connectivity index (χ3n) is 5.31. The fraction of sp³-hybridized carbons (Fsp3) is 0.529. The summed E-state index contributed by atoms with van der Waals surface area (Å²) in [6.07, 6.45) is 4.41. The van der Waals surface area contributed by atoms with E-state index in [9.17, 15) is 4.79 Å². The summed E-state index contributed by atoms with van der Waals surface area (Å²) in [4.78, 5) is 19.9. The number of nitrogens with one attached hydrogen (secondary N) is 1. The molecule has 3 fully saturated rings. The molecule has 5 heterocycles. The Bertz CT molecular complexity index is 735. The van der Waals surface area contributed by atoms with E-state index in [0.29, 0.717) is 17.7 Å². The van der Waals surface area contributed by atoms with Crippen molar-refractivity contribution in [2.75, 3.05) is 19.3 Å². The van der Waals surface area contributed by atoms with E-state index in [1.54, 1.807) is 23.1 Å². The van der Waals surface area contributed by atoms with Crippen LogP contribution in [0.4, 0.5) is 0 Å². The van der Waals surface area contributed by atoms with Gasteiger partial charge in [0.1, 0.15) is 10.7 Å². The van der Waals surface area contributed by atoms with Crippen LogP contribution in [-0.4, -0.2) is 47.2 Å². The average Bonchev–Trinajstić information content (AvgIpc) is 3.06. The van der Waals surface area contributed by atoms with Crippen molar-refractivity contribution < 1.29 is 4.79 Å². The van der Waals surface area contributed by atoms with Crippen molar-refractivity contribution in [1.29, 1.82) is 0 Å². The van der Waals surface area contributed by atoms with Crippen LogP contribution in [-0.2, 0) is 0 Å². The Labute approximate surface area is 144 Å². The molecule has 2 atom stereocenters. The molecule has 0 radical (unpaired) electrons. The summed E-state index contributed by atoms with van der Waals surface area (Å²) in [5.74, 6) is 0.586. The molecule has 5 rings (SSSR count). The molecule has 2 unspecified atom stereocenters. The number of hydrogen-bond acceptors (Lipinski definition) is 5. The van der Waals surface area contributed by atoms with Gasteiger partial charge in [-0.25, -0.2) is 4.98 Å². The molecule has 3 saturated heterocycles. The maximum absolute atomic E-state index is 12.8. The average molecular weight is 348 g/mol. The monoisotopic (exact) mass is 347 g/mol. The van der Waals surface area contributed by atoms with Crippen LogP contribution in [0.1, 0.15) is 30.3 Å². The van der Waals surface area contributed by atoms with Crippen LogP contribution >= 0.6 is 23.1 Å². The topological polar surface area (TPSA) is 45.2 Å². The van der Waals surface area contributed by atoms with E-state index in [1.807, 2.05) is 12.3 Å². The molecule has 0 aromatic carbocycles. The van der Waals surface area contributed by atoms with Gasteiger partial charge in [0, 0.05) is 12.1 Å². The van der Waals surface area contributed by atoms with Gasteiger partial charge in [-0.1, -0.05) is 0 Å². The number of amides is 1. The fourth-order valence-electron chi connectivity index (χ4n) is 3.97. The highest BCUT2D eigenvalue weighted by Crippen LogP contribution is 2.33. The van der Waals surface area contributed by atoms with Crippen molar-refractivity contribution in [3.05, 3.63) is 23.2 Å². The van der Waals surface area contributed by atoms with E-state index in [1.165, 1.54) is 30.6 Å². The minimum Gasteiger partial charge on any atom is -0.346 e. The van der Waals surface area contributed by atoms with Gasteiger partial charge in [-0.2, -0.15) is 0 Å². The Balaban J connectivity index is 1.59. The molecule has 3 aliphatic heterocycles. The molecule has 3 aliphatic rings. The Kier molecular flexibility index (Phi) is 4.07. The van der Waals surface area contributed by atoms with E-state index in [-0.39, 0.29) is 11.9 Å². The number of piperidine rings is 3. The molecule has 6 heteroatoms. The van der Waals surface area contributed by atoms with Crippen LogP contribution in [0.25, 0.3) is 10.1 Å². The normalized spacial score (nSPS) is 29.8. The second-order valence-electron chi connectivity index (χ2n) is 6.47. The zero-order chi connectivity index (χ0) is 16.0. The van der Waals surface area contributed by atoms with Gasteiger partial charge in [-0.15, -0.1) is 23.1 Å². The molecular weight excluding hydrogens is 326 g/mol. The summed E-state index contributed by atoms with van der Waals surface area (Å²) in [5, 5.41) is 7.40. The highest BCUT2D eigenvalue weighted by Gasteiger charge is 2.40. The number of carbonyl (C=O) groups excluding carboxylic acids is 1. The lowest BCUT2D eigenvalue weighted by molar-refractivity contribution is 0.0216. The molecule has 23 heavy (non-hydrogen) atoms. The summed E-state index contributed by atoms with van der Waals surface area (Å²) in [5.41, 5.74) is 0.545. The molecule has 2 aromatic heterocycles. The smallest absolute Gasteiger partial charge is 0.270 e. The molecule has 1 N–H and O–H groups in total. The van der Waals surface area contributed by atoms with Gasteiger partial charge >= 0.3 is 0 Å². The lowest BCUT2D eigenvalue weighted by atomic mass is 9.79. The fourth-order valence-corrected chi connectivity index (χ4v) is 5.62. The number of thioether (sulfide) groups is 1. The van der Waals surface area contributed by atoms with E-state index >= 15 is 0 Å². The summed E-state index contributed by atoms with van der Waals surface area (Å²) in [6, 6.07) is 4.67. The number of nitrogens with zero attached hydrogens (tertiary/aromatic N) is 2. The van der Waals surface area contributed by atoms with Crippen LogP contribution < -0.4 is 5.32 Å². The largest absolute Gasteiger partial charge is 0.346 e. The number of hydrogen-bond donors (Lipinski definition) is 1. The second kappa shape index (κ2) is 6.07. The van der Waals surface area contributed by atoms with Gasteiger partial charge in [0.15, 0.2) is 0 Å². The number of thiophene rings is 1. The van der Waals surface area contributed by atoms with Gasteiger partial charge in [0.25, 0.3) is 5.91 Å². The number of carbonyl (C=O) groups is 1. The predicted octanol–water partition coefficient (Wildman–Crippen LogP) is 3.23. The van der Waals surface area contributed by atoms with Crippen molar-refractivity contribution in [2.24, 2.45) is 5.92 Å². The zero-order valence-electron chi connectivity index (χ0n) is 13.4. The van der Waals surface area contributed by atoms with Crippen molar-refractivity contribution in [3.63, 3.8) is 0 Å². The highest BCUT2D eigenvalue weighted by molar-refractivity contribution is 7.98. The summed E-state index contributed by atoms with van der Waals surface area (Å²) >= 11 is 3.29. The van der Waals surface area contributed by atoms with Crippen molar-refractivity contribution >= 4 is 39.1 Å². The minimum atomic E-state index is -0.0287. The molecular formula is C17H21N3OS2. The van der Waals surface area contributed by atoms with E-state index in [0.717, 1.165) is 10.4 Å². The summed E-state index contributed by atoms with van der Waals surface area (Å²) in [7, 11) is 0. The Morgan fingerprint density at radius 3 is 2.91 bits per heavy atom. The summed E-state index contributed by atoms with van der Waals surface area (Å²) < 4.78 is 1.17. The molecule has 122 valence electrons. The maximum atomic E-state index is 12.8. The molecule has 2 bridgehead atoms. The van der Waals surface area contributed by atoms with Crippen molar-refractivity contribution in [2.45, 2.75) is 36.9 Å². The first-order valence-corrected chi connectivity index (χ1v) is 10.2. The lowest BCUT2D eigenvalue weighted by Gasteiger charge is -2.49. The third-order valence-corrected chi connectivity index (χ3v) is 7.05. The van der Waals surface area contributed by atoms with Crippen LogP contribution in [0, 0.1) is 5.92 Å². The molecule has 1 amide bonds. The SMILES string of the molecule is CSc1nc(C(=O)NC2C3CCN(CC3)C2C)cc2ccsc12. The summed E-state index contributed by atoms with van der Waals surface area (Å²) in [6.45, 7) is 4.58. The second-order valence-corrected chi connectivity index (χ2v) is 8.18. The van der Waals surface area contributed by atoms with E-state index in [2.05, 4.69) is 33.6 Å². The number of rotatable bonds is 3. The lowest BCUT2D eigenvalue weighted by Crippen LogP contribution is -2.62. The molecule has 0 spiro atoms. The zero-order valence-corrected chi connectivity index (χ0v) is 15.0. The standard InChI is InChI=1S/C17H21N3OS2/c1-10-14(11-3-6-20(10)7-4-11)19-16(21)13-9-12-5-8-23-15(12)17(18-13)22-2/h5,8-11,14H,3-4,6-7H2,1-2H3,(H,19,21). The first-order chi connectivity index (χ1) is 11.2. The Morgan fingerprint density at radius 2 is 2.22 bits per heavy atom. The maximum Gasteiger partial charge on any atom is 0.270 e. The van der Waals surface area contributed by atoms with Gasteiger partial charge < -0.3 is 5.32 Å². The number of pyridine rings is 1. The Hall–Kier alpha value is -1.11. The van der Waals surface area contributed by atoms with Crippen molar-refractivity contribution in [3.8, 4) is 0 Å². The quantitative estimate of drug-likeness (QED) is 0.866. The molecule has 0 aliphatic carbocycles. The van der Waals surface area contributed by atoms with E-state index in [4.69, 9.17) is 0 Å². The molecule has 0 saturated carbocycles. The van der Waals surface area contributed by atoms with Crippen LogP contribution in [0.2, 0.25) is 0 Å². The minimum absolute atomic E-state index is 0.0287. The van der Waals surface area contributed by atoms with Gasteiger partial charge in [0.05, 0.1) is 4.70 Å². The van der Waals surface area contributed by atoms with Crippen molar-refractivity contribution in [1.82, 2.24) is 15.2 Å². The number of aromatic nitrogens is 1. The Morgan fingerprint density at radius 1 is 1.43 bits per heavy atom. The van der Waals surface area contributed by atoms with E-state index < -0.39 is 0 Å².